The summed E-state index contributed by atoms with van der Waals surface area (Å²) in [5.74, 6) is -1.94. The minimum Gasteiger partial charge on any atom is -0.376 e. The van der Waals surface area contributed by atoms with E-state index in [9.17, 15) is 23.2 Å². The molecule has 2 saturated heterocycles. The second-order valence-electron chi connectivity index (χ2n) is 8.49. The molecule has 0 aliphatic carbocycles. The van der Waals surface area contributed by atoms with E-state index in [0.717, 1.165) is 17.7 Å². The van der Waals surface area contributed by atoms with Crippen LogP contribution >= 0.6 is 0 Å². The molecule has 33 heavy (non-hydrogen) atoms. The van der Waals surface area contributed by atoms with Crippen molar-refractivity contribution in [3.05, 3.63) is 71.3 Å². The standard InChI is InChI=1S/C24H25F2N3O4/c1-24(17-7-9-18(25)10-8-17)22(31)29(23(32)27-24)15-21(30)28(14-20-6-3-11-33-20)13-16-4-2-5-19(26)12-16/h2,4-5,7-10,12,20H,3,6,11,13-15H2,1H3,(H,27,32). The topological polar surface area (TPSA) is 79.0 Å². The summed E-state index contributed by atoms with van der Waals surface area (Å²) in [5.41, 5.74) is -0.407. The monoisotopic (exact) mass is 457 g/mol. The van der Waals surface area contributed by atoms with Crippen LogP contribution in [0.3, 0.4) is 0 Å². The normalized spacial score (nSPS) is 22.5. The van der Waals surface area contributed by atoms with Gasteiger partial charge in [-0.3, -0.25) is 14.5 Å². The number of hydrogen-bond acceptors (Lipinski definition) is 4. The molecule has 4 amide bonds. The number of nitrogens with zero attached hydrogens (tertiary/aromatic N) is 2. The predicted molar refractivity (Wildman–Crippen MR) is 115 cm³/mol. The third-order valence-electron chi connectivity index (χ3n) is 6.05. The molecule has 2 aliphatic rings. The van der Waals surface area contributed by atoms with Gasteiger partial charge in [0.25, 0.3) is 5.91 Å². The van der Waals surface area contributed by atoms with Crippen molar-refractivity contribution in [2.45, 2.75) is 38.0 Å². The highest BCUT2D eigenvalue weighted by molar-refractivity contribution is 6.09. The van der Waals surface area contributed by atoms with Crippen LogP contribution in [-0.4, -0.2) is 53.4 Å². The van der Waals surface area contributed by atoms with Gasteiger partial charge in [0.05, 0.1) is 6.10 Å². The molecular weight excluding hydrogens is 432 g/mol. The van der Waals surface area contributed by atoms with E-state index >= 15 is 0 Å². The van der Waals surface area contributed by atoms with Crippen molar-refractivity contribution in [1.82, 2.24) is 15.1 Å². The predicted octanol–water partition coefficient (Wildman–Crippen LogP) is 2.94. The second-order valence-corrected chi connectivity index (χ2v) is 8.49. The number of ether oxygens (including phenoxy) is 1. The Kier molecular flexibility index (Phi) is 6.42. The van der Waals surface area contributed by atoms with Gasteiger partial charge in [0, 0.05) is 19.7 Å². The lowest BCUT2D eigenvalue weighted by atomic mass is 9.92. The molecule has 2 fully saturated rings. The van der Waals surface area contributed by atoms with Crippen LogP contribution in [0.15, 0.2) is 48.5 Å². The fourth-order valence-corrected chi connectivity index (χ4v) is 4.20. The van der Waals surface area contributed by atoms with Crippen LogP contribution in [0.25, 0.3) is 0 Å². The summed E-state index contributed by atoms with van der Waals surface area (Å²) in [6.45, 7) is 2.05. The maximum absolute atomic E-state index is 13.7. The largest absolute Gasteiger partial charge is 0.376 e. The van der Waals surface area contributed by atoms with Crippen molar-refractivity contribution in [3.63, 3.8) is 0 Å². The Morgan fingerprint density at radius 2 is 1.94 bits per heavy atom. The Balaban J connectivity index is 1.51. The molecule has 0 bridgehead atoms. The van der Waals surface area contributed by atoms with Crippen molar-refractivity contribution in [2.24, 2.45) is 0 Å². The van der Waals surface area contributed by atoms with E-state index in [1.807, 2.05) is 0 Å². The summed E-state index contributed by atoms with van der Waals surface area (Å²) in [4.78, 5) is 41.3. The third-order valence-corrected chi connectivity index (χ3v) is 6.05. The van der Waals surface area contributed by atoms with Crippen molar-refractivity contribution >= 4 is 17.8 Å². The zero-order chi connectivity index (χ0) is 23.6. The molecule has 9 heteroatoms. The first-order valence-electron chi connectivity index (χ1n) is 10.8. The molecule has 0 aromatic heterocycles. The number of amides is 4. The smallest absolute Gasteiger partial charge is 0.325 e. The van der Waals surface area contributed by atoms with Gasteiger partial charge in [-0.1, -0.05) is 24.3 Å². The minimum atomic E-state index is -1.41. The van der Waals surface area contributed by atoms with Gasteiger partial charge in [-0.15, -0.1) is 0 Å². The van der Waals surface area contributed by atoms with E-state index in [-0.39, 0.29) is 19.2 Å². The lowest BCUT2D eigenvalue weighted by Crippen LogP contribution is -2.46. The van der Waals surface area contributed by atoms with Gasteiger partial charge < -0.3 is 15.0 Å². The van der Waals surface area contributed by atoms with Gasteiger partial charge in [0.15, 0.2) is 0 Å². The number of carbonyl (C=O) groups excluding carboxylic acids is 3. The SMILES string of the molecule is CC1(c2ccc(F)cc2)NC(=O)N(CC(=O)N(Cc2cccc(F)c2)CC2CCCO2)C1=O. The molecule has 1 N–H and O–H groups in total. The fourth-order valence-electron chi connectivity index (χ4n) is 4.20. The lowest BCUT2D eigenvalue weighted by molar-refractivity contribution is -0.140. The summed E-state index contributed by atoms with van der Waals surface area (Å²) in [6.07, 6.45) is 1.52. The Labute approximate surface area is 190 Å². The summed E-state index contributed by atoms with van der Waals surface area (Å²) in [5, 5.41) is 2.61. The molecule has 0 spiro atoms. The number of imide groups is 1. The van der Waals surface area contributed by atoms with E-state index in [1.165, 1.54) is 48.2 Å². The highest BCUT2D eigenvalue weighted by Crippen LogP contribution is 2.29. The molecule has 4 rings (SSSR count). The Hall–Kier alpha value is -3.33. The van der Waals surface area contributed by atoms with Crippen LogP contribution in [0.1, 0.15) is 30.9 Å². The van der Waals surface area contributed by atoms with Gasteiger partial charge in [-0.2, -0.15) is 0 Å². The number of urea groups is 1. The Morgan fingerprint density at radius 3 is 2.61 bits per heavy atom. The molecule has 2 unspecified atom stereocenters. The number of halogens is 2. The fraction of sp³-hybridized carbons (Fsp3) is 0.375. The molecule has 7 nitrogen and oxygen atoms in total. The Morgan fingerprint density at radius 1 is 1.18 bits per heavy atom. The van der Waals surface area contributed by atoms with Crippen LogP contribution in [-0.2, 0) is 26.4 Å². The van der Waals surface area contributed by atoms with Gasteiger partial charge in [-0.05, 0) is 55.2 Å². The minimum absolute atomic E-state index is 0.120. The molecule has 2 aliphatic heterocycles. The van der Waals surface area contributed by atoms with Crippen LogP contribution < -0.4 is 5.32 Å². The van der Waals surface area contributed by atoms with Crippen LogP contribution in [0, 0.1) is 11.6 Å². The van der Waals surface area contributed by atoms with Crippen molar-refractivity contribution in [2.75, 3.05) is 19.7 Å². The molecular formula is C24H25F2N3O4. The van der Waals surface area contributed by atoms with Crippen LogP contribution in [0.5, 0.6) is 0 Å². The van der Waals surface area contributed by atoms with Gasteiger partial charge in [0.2, 0.25) is 5.91 Å². The van der Waals surface area contributed by atoms with Crippen molar-refractivity contribution in [3.8, 4) is 0 Å². The molecule has 2 heterocycles. The lowest BCUT2D eigenvalue weighted by Gasteiger charge is -2.27. The van der Waals surface area contributed by atoms with Crippen molar-refractivity contribution in [1.29, 1.82) is 0 Å². The van der Waals surface area contributed by atoms with E-state index in [1.54, 1.807) is 12.1 Å². The second kappa shape index (κ2) is 9.27. The number of carbonyl (C=O) groups is 3. The molecule has 2 atom stereocenters. The average molecular weight is 457 g/mol. The van der Waals surface area contributed by atoms with Gasteiger partial charge in [0.1, 0.15) is 23.7 Å². The van der Waals surface area contributed by atoms with Crippen LogP contribution in [0.2, 0.25) is 0 Å². The maximum Gasteiger partial charge on any atom is 0.325 e. The number of nitrogens with one attached hydrogen (secondary N) is 1. The van der Waals surface area contributed by atoms with E-state index < -0.39 is 41.6 Å². The first-order chi connectivity index (χ1) is 15.8. The first kappa shape index (κ1) is 22.8. The van der Waals surface area contributed by atoms with Crippen LogP contribution in [0.4, 0.5) is 13.6 Å². The zero-order valence-corrected chi connectivity index (χ0v) is 18.2. The number of benzene rings is 2. The Bertz CT molecular complexity index is 1060. The van der Waals surface area contributed by atoms with E-state index in [0.29, 0.717) is 17.7 Å². The van der Waals surface area contributed by atoms with Crippen molar-refractivity contribution < 1.29 is 27.9 Å². The molecule has 0 radical (unpaired) electrons. The summed E-state index contributed by atoms with van der Waals surface area (Å²) in [6, 6.07) is 10.5. The van der Waals surface area contributed by atoms with E-state index in [4.69, 9.17) is 4.74 Å². The molecule has 0 saturated carbocycles. The highest BCUT2D eigenvalue weighted by Gasteiger charge is 2.49. The molecule has 174 valence electrons. The van der Waals surface area contributed by atoms with Gasteiger partial charge >= 0.3 is 6.03 Å². The highest BCUT2D eigenvalue weighted by atomic mass is 19.1. The number of hydrogen-bond donors (Lipinski definition) is 1. The van der Waals surface area contributed by atoms with E-state index in [2.05, 4.69) is 5.32 Å². The maximum atomic E-state index is 13.7. The number of rotatable bonds is 7. The molecule has 2 aromatic carbocycles. The summed E-state index contributed by atoms with van der Waals surface area (Å²) < 4.78 is 32.6. The first-order valence-corrected chi connectivity index (χ1v) is 10.8. The summed E-state index contributed by atoms with van der Waals surface area (Å²) in [7, 11) is 0. The van der Waals surface area contributed by atoms with Gasteiger partial charge in [-0.25, -0.2) is 13.6 Å². The zero-order valence-electron chi connectivity index (χ0n) is 18.2. The average Bonchev–Trinajstić information content (AvgIpc) is 3.36. The third kappa shape index (κ3) is 4.88. The molecule has 2 aromatic rings. The summed E-state index contributed by atoms with van der Waals surface area (Å²) >= 11 is 0. The quantitative estimate of drug-likeness (QED) is 0.649.